The van der Waals surface area contributed by atoms with E-state index in [1.54, 1.807) is 23.1 Å². The molecule has 1 aliphatic rings. The Balaban J connectivity index is 1.44. The highest BCUT2D eigenvalue weighted by molar-refractivity contribution is 5.68. The molecule has 0 saturated heterocycles. The maximum atomic E-state index is 12.4. The van der Waals surface area contributed by atoms with Crippen molar-refractivity contribution >= 4 is 6.09 Å². The number of carbonyl (C=O) groups is 1. The Hall–Kier alpha value is -3.59. The van der Waals surface area contributed by atoms with Gasteiger partial charge in [-0.3, -0.25) is 0 Å². The van der Waals surface area contributed by atoms with E-state index in [1.165, 1.54) is 0 Å². The first kappa shape index (κ1) is 16.9. The number of carbonyl (C=O) groups excluding carboxylic acids is 1. The van der Waals surface area contributed by atoms with Gasteiger partial charge in [-0.2, -0.15) is 5.26 Å². The molecule has 134 valence electrons. The normalized spacial score (nSPS) is 12.9. The van der Waals surface area contributed by atoms with E-state index in [9.17, 15) is 4.79 Å². The van der Waals surface area contributed by atoms with Gasteiger partial charge in [0.15, 0.2) is 0 Å². The third kappa shape index (κ3) is 3.67. The van der Waals surface area contributed by atoms with E-state index in [-0.39, 0.29) is 12.7 Å². The van der Waals surface area contributed by atoms with Gasteiger partial charge in [-0.25, -0.2) is 9.78 Å². The van der Waals surface area contributed by atoms with Crippen LogP contribution < -0.4 is 0 Å². The lowest BCUT2D eigenvalue weighted by Crippen LogP contribution is -2.36. The molecule has 2 heterocycles. The molecule has 6 nitrogen and oxygen atoms in total. The second-order valence-corrected chi connectivity index (χ2v) is 6.29. The van der Waals surface area contributed by atoms with Crippen LogP contribution >= 0.6 is 0 Å². The molecule has 1 aromatic heterocycles. The number of hydrogen-bond donors (Lipinski definition) is 0. The van der Waals surface area contributed by atoms with E-state index in [0.717, 1.165) is 22.6 Å². The largest absolute Gasteiger partial charge is 0.445 e. The fourth-order valence-corrected chi connectivity index (χ4v) is 3.01. The fourth-order valence-electron chi connectivity index (χ4n) is 3.01. The van der Waals surface area contributed by atoms with E-state index in [4.69, 9.17) is 14.4 Å². The summed E-state index contributed by atoms with van der Waals surface area (Å²) in [6.45, 7) is 1.12. The Kier molecular flexibility index (Phi) is 4.58. The molecule has 6 heteroatoms. The van der Waals surface area contributed by atoms with Gasteiger partial charge in [0.2, 0.25) is 5.89 Å². The molecule has 4 rings (SSSR count). The van der Waals surface area contributed by atoms with Crippen LogP contribution in [0.25, 0.3) is 11.5 Å². The van der Waals surface area contributed by atoms with Crippen molar-refractivity contribution in [1.82, 2.24) is 9.88 Å². The summed E-state index contributed by atoms with van der Waals surface area (Å²) < 4.78 is 11.2. The molecule has 0 N–H and O–H groups in total. The third-order valence-corrected chi connectivity index (χ3v) is 4.43. The number of amides is 1. The lowest BCUT2D eigenvalue weighted by Gasteiger charge is -2.24. The Morgan fingerprint density at radius 3 is 2.89 bits per heavy atom. The van der Waals surface area contributed by atoms with E-state index in [1.807, 2.05) is 36.4 Å². The highest BCUT2D eigenvalue weighted by atomic mass is 16.6. The van der Waals surface area contributed by atoms with Gasteiger partial charge < -0.3 is 14.1 Å². The molecular weight excluding hydrogens is 342 g/mol. The number of hydrogen-bond acceptors (Lipinski definition) is 5. The van der Waals surface area contributed by atoms with Crippen molar-refractivity contribution < 1.29 is 13.9 Å². The van der Waals surface area contributed by atoms with Gasteiger partial charge in [-0.05, 0) is 23.8 Å². The second kappa shape index (κ2) is 7.34. The van der Waals surface area contributed by atoms with Gasteiger partial charge in [-0.15, -0.1) is 0 Å². The Morgan fingerprint density at radius 2 is 2.07 bits per heavy atom. The van der Waals surface area contributed by atoms with Crippen LogP contribution in [0.3, 0.4) is 0 Å². The van der Waals surface area contributed by atoms with Crippen LogP contribution in [-0.2, 0) is 24.3 Å². The van der Waals surface area contributed by atoms with Crippen LogP contribution in [0.2, 0.25) is 0 Å². The van der Waals surface area contributed by atoms with Crippen molar-refractivity contribution in [2.45, 2.75) is 19.6 Å². The summed E-state index contributed by atoms with van der Waals surface area (Å²) in [5, 5.41) is 9.04. The summed E-state index contributed by atoms with van der Waals surface area (Å²) in [6.07, 6.45) is 0.223. The first-order valence-corrected chi connectivity index (χ1v) is 8.67. The van der Waals surface area contributed by atoms with Gasteiger partial charge in [0.25, 0.3) is 0 Å². The molecule has 27 heavy (non-hydrogen) atoms. The number of oxazole rings is 1. The van der Waals surface area contributed by atoms with Crippen molar-refractivity contribution in [3.63, 3.8) is 0 Å². The van der Waals surface area contributed by atoms with Crippen LogP contribution in [0, 0.1) is 11.3 Å². The summed E-state index contributed by atoms with van der Waals surface area (Å²) in [5.41, 5.74) is 2.98. The molecule has 0 spiro atoms. The standard InChI is InChI=1S/C21H17N3O3/c22-12-16-7-4-8-17(11-16)20-23-18-13-24(10-9-19(18)27-20)21(25)26-14-15-5-2-1-3-6-15/h1-8,11H,9-10,13-14H2. The molecule has 0 saturated carbocycles. The maximum absolute atomic E-state index is 12.4. The summed E-state index contributed by atoms with van der Waals surface area (Å²) in [6, 6.07) is 18.8. The molecule has 0 radical (unpaired) electrons. The highest BCUT2D eigenvalue weighted by Gasteiger charge is 2.26. The lowest BCUT2D eigenvalue weighted by molar-refractivity contribution is 0.0904. The van der Waals surface area contributed by atoms with Crippen LogP contribution in [0.4, 0.5) is 4.79 Å². The van der Waals surface area contributed by atoms with Gasteiger partial charge in [0, 0.05) is 18.5 Å². The molecule has 0 aliphatic carbocycles. The average molecular weight is 359 g/mol. The molecule has 0 fully saturated rings. The number of nitriles is 1. The molecule has 3 aromatic rings. The quantitative estimate of drug-likeness (QED) is 0.708. The zero-order valence-electron chi connectivity index (χ0n) is 14.6. The highest BCUT2D eigenvalue weighted by Crippen LogP contribution is 2.27. The minimum Gasteiger partial charge on any atom is -0.445 e. The Bertz CT molecular complexity index is 1010. The van der Waals surface area contributed by atoms with Crippen LogP contribution in [0.15, 0.2) is 59.0 Å². The van der Waals surface area contributed by atoms with E-state index in [0.29, 0.717) is 31.0 Å². The molecule has 2 aromatic carbocycles. The Morgan fingerprint density at radius 1 is 1.22 bits per heavy atom. The van der Waals surface area contributed by atoms with Gasteiger partial charge >= 0.3 is 6.09 Å². The van der Waals surface area contributed by atoms with Crippen molar-refractivity contribution in [1.29, 1.82) is 5.26 Å². The molecule has 1 aliphatic heterocycles. The topological polar surface area (TPSA) is 79.4 Å². The minimum absolute atomic E-state index is 0.244. The number of fused-ring (bicyclic) bond motifs is 1. The number of rotatable bonds is 3. The Labute approximate surface area is 156 Å². The van der Waals surface area contributed by atoms with Crippen molar-refractivity contribution in [3.8, 4) is 17.5 Å². The fraction of sp³-hybridized carbons (Fsp3) is 0.190. The summed E-state index contributed by atoms with van der Waals surface area (Å²) in [7, 11) is 0. The number of ether oxygens (including phenoxy) is 1. The number of benzene rings is 2. The van der Waals surface area contributed by atoms with Crippen LogP contribution in [-0.4, -0.2) is 22.5 Å². The summed E-state index contributed by atoms with van der Waals surface area (Å²) >= 11 is 0. The predicted molar refractivity (Wildman–Crippen MR) is 97.4 cm³/mol. The second-order valence-electron chi connectivity index (χ2n) is 6.29. The smallest absolute Gasteiger partial charge is 0.410 e. The minimum atomic E-state index is -0.361. The average Bonchev–Trinajstić information content (AvgIpc) is 3.16. The monoisotopic (exact) mass is 359 g/mol. The summed E-state index contributed by atoms with van der Waals surface area (Å²) in [5.74, 6) is 1.25. The molecular formula is C21H17N3O3. The first-order chi connectivity index (χ1) is 13.2. The van der Waals surface area contributed by atoms with Crippen LogP contribution in [0.5, 0.6) is 0 Å². The molecule has 0 unspecified atom stereocenters. The molecule has 1 amide bonds. The number of nitrogens with zero attached hydrogens (tertiary/aromatic N) is 3. The first-order valence-electron chi connectivity index (χ1n) is 8.67. The number of aromatic nitrogens is 1. The zero-order chi connectivity index (χ0) is 18.6. The van der Waals surface area contributed by atoms with Gasteiger partial charge in [0.05, 0.1) is 18.2 Å². The van der Waals surface area contributed by atoms with Crippen molar-refractivity contribution in [2.24, 2.45) is 0 Å². The van der Waals surface area contributed by atoms with Gasteiger partial charge in [-0.1, -0.05) is 36.4 Å². The van der Waals surface area contributed by atoms with Crippen molar-refractivity contribution in [2.75, 3.05) is 6.54 Å². The summed E-state index contributed by atoms with van der Waals surface area (Å²) in [4.78, 5) is 18.5. The van der Waals surface area contributed by atoms with E-state index in [2.05, 4.69) is 11.1 Å². The third-order valence-electron chi connectivity index (χ3n) is 4.43. The SMILES string of the molecule is N#Cc1cccc(-c2nc3c(o2)CCN(C(=O)OCc2ccccc2)C3)c1. The zero-order valence-corrected chi connectivity index (χ0v) is 14.6. The maximum Gasteiger partial charge on any atom is 0.410 e. The van der Waals surface area contributed by atoms with Crippen LogP contribution in [0.1, 0.15) is 22.6 Å². The predicted octanol–water partition coefficient (Wildman–Crippen LogP) is 3.91. The van der Waals surface area contributed by atoms with E-state index < -0.39 is 0 Å². The molecule has 0 bridgehead atoms. The lowest BCUT2D eigenvalue weighted by atomic mass is 10.1. The van der Waals surface area contributed by atoms with E-state index >= 15 is 0 Å². The molecule has 0 atom stereocenters. The van der Waals surface area contributed by atoms with Gasteiger partial charge in [0.1, 0.15) is 18.1 Å². The van der Waals surface area contributed by atoms with Crippen molar-refractivity contribution in [3.05, 3.63) is 77.2 Å².